The monoisotopic (exact) mass is 299 g/mol. The maximum absolute atomic E-state index is 12.2. The molecule has 2 heterocycles. The fourth-order valence-electron chi connectivity index (χ4n) is 2.79. The van der Waals surface area contributed by atoms with Crippen LogP contribution in [0.2, 0.25) is 0 Å². The van der Waals surface area contributed by atoms with Gasteiger partial charge in [-0.1, -0.05) is 6.07 Å². The van der Waals surface area contributed by atoms with Crippen molar-refractivity contribution in [2.24, 2.45) is 0 Å². The molecule has 5 heteroatoms. The number of hydrogen-bond donors (Lipinski definition) is 0. The van der Waals surface area contributed by atoms with Crippen molar-refractivity contribution in [1.29, 1.82) is 0 Å². The minimum absolute atomic E-state index is 0.0163. The van der Waals surface area contributed by atoms with Crippen LogP contribution in [0.3, 0.4) is 0 Å². The molecule has 1 aromatic carbocycles. The lowest BCUT2D eigenvalue weighted by atomic mass is 10.1. The number of benzene rings is 1. The highest BCUT2D eigenvalue weighted by Gasteiger charge is 2.21. The van der Waals surface area contributed by atoms with E-state index in [2.05, 4.69) is 11.2 Å². The second-order valence-electron chi connectivity index (χ2n) is 5.84. The summed E-state index contributed by atoms with van der Waals surface area (Å²) >= 11 is 0. The van der Waals surface area contributed by atoms with Crippen LogP contribution in [0.1, 0.15) is 34.5 Å². The Kier molecular flexibility index (Phi) is 4.13. The van der Waals surface area contributed by atoms with Gasteiger partial charge in [0.05, 0.1) is 0 Å². The zero-order valence-electron chi connectivity index (χ0n) is 13.1. The van der Waals surface area contributed by atoms with E-state index in [-0.39, 0.29) is 5.91 Å². The zero-order chi connectivity index (χ0) is 15.5. The lowest BCUT2D eigenvalue weighted by Crippen LogP contribution is -2.28. The van der Waals surface area contributed by atoms with Crippen LogP contribution in [-0.4, -0.2) is 33.7 Å². The molecule has 1 saturated heterocycles. The Bertz CT molecular complexity index is 652. The van der Waals surface area contributed by atoms with Gasteiger partial charge in [0.25, 0.3) is 5.91 Å². The Labute approximate surface area is 130 Å². The molecule has 0 N–H and O–H groups in total. The summed E-state index contributed by atoms with van der Waals surface area (Å²) in [5.41, 5.74) is 2.83. The molecule has 0 bridgehead atoms. The molecule has 2 aromatic rings. The summed E-state index contributed by atoms with van der Waals surface area (Å²) in [6.07, 6.45) is 3.95. The molecule has 3 rings (SSSR count). The third kappa shape index (κ3) is 3.30. The van der Waals surface area contributed by atoms with Crippen LogP contribution < -0.4 is 4.74 Å². The molecule has 1 amide bonds. The van der Waals surface area contributed by atoms with Crippen molar-refractivity contribution < 1.29 is 9.53 Å². The topological polar surface area (TPSA) is 47.4 Å². The first-order valence-corrected chi connectivity index (χ1v) is 7.66. The highest BCUT2D eigenvalue weighted by Crippen LogP contribution is 2.17. The number of amides is 1. The number of aromatic nitrogens is 2. The molecule has 0 unspecified atom stereocenters. The Morgan fingerprint density at radius 1 is 1.18 bits per heavy atom. The van der Waals surface area contributed by atoms with Gasteiger partial charge in [-0.15, -0.1) is 0 Å². The minimum Gasteiger partial charge on any atom is -0.471 e. The summed E-state index contributed by atoms with van der Waals surface area (Å²) in [5, 5.41) is 4.32. The Hall–Kier alpha value is -2.30. The molecule has 116 valence electrons. The smallest absolute Gasteiger partial charge is 0.274 e. The predicted molar refractivity (Wildman–Crippen MR) is 83.9 cm³/mol. The van der Waals surface area contributed by atoms with Gasteiger partial charge in [-0.3, -0.25) is 4.79 Å². The molecule has 1 aliphatic heterocycles. The highest BCUT2D eigenvalue weighted by molar-refractivity contribution is 5.92. The molecule has 0 saturated carbocycles. The molecule has 1 fully saturated rings. The maximum atomic E-state index is 12.2. The van der Waals surface area contributed by atoms with Crippen LogP contribution in [0.5, 0.6) is 5.75 Å². The second-order valence-corrected chi connectivity index (χ2v) is 5.84. The quantitative estimate of drug-likeness (QED) is 0.872. The first-order valence-electron chi connectivity index (χ1n) is 7.66. The predicted octanol–water partition coefficient (Wildman–Crippen LogP) is 2.77. The first-order chi connectivity index (χ1) is 10.6. The van der Waals surface area contributed by atoms with E-state index in [0.717, 1.165) is 31.7 Å². The van der Waals surface area contributed by atoms with Crippen LogP contribution in [-0.2, 0) is 6.73 Å². The molecule has 1 aromatic heterocycles. The number of rotatable bonds is 4. The average Bonchev–Trinajstić information content (AvgIpc) is 3.15. The van der Waals surface area contributed by atoms with Crippen molar-refractivity contribution >= 4 is 5.91 Å². The van der Waals surface area contributed by atoms with E-state index < -0.39 is 0 Å². The summed E-state index contributed by atoms with van der Waals surface area (Å²) in [6, 6.07) is 7.85. The minimum atomic E-state index is 0.0163. The van der Waals surface area contributed by atoms with Crippen LogP contribution in [0.25, 0.3) is 0 Å². The van der Waals surface area contributed by atoms with Gasteiger partial charge in [0.2, 0.25) is 0 Å². The number of carbonyl (C=O) groups is 1. The van der Waals surface area contributed by atoms with Crippen molar-refractivity contribution in [3.63, 3.8) is 0 Å². The fourth-order valence-corrected chi connectivity index (χ4v) is 2.79. The third-order valence-corrected chi connectivity index (χ3v) is 3.81. The summed E-state index contributed by atoms with van der Waals surface area (Å²) in [4.78, 5) is 14.1. The van der Waals surface area contributed by atoms with Crippen molar-refractivity contribution in [2.45, 2.75) is 33.4 Å². The van der Waals surface area contributed by atoms with Gasteiger partial charge in [-0.2, -0.15) is 5.10 Å². The SMILES string of the molecule is Cc1cc(C)cc(OCn2ccc(C(=O)N3CCCC3)n2)c1. The molecule has 5 nitrogen and oxygen atoms in total. The third-order valence-electron chi connectivity index (χ3n) is 3.81. The molecule has 0 spiro atoms. The molecule has 0 atom stereocenters. The van der Waals surface area contributed by atoms with Crippen molar-refractivity contribution in [1.82, 2.24) is 14.7 Å². The number of likely N-dealkylation sites (tertiary alicyclic amines) is 1. The highest BCUT2D eigenvalue weighted by atomic mass is 16.5. The van der Waals surface area contributed by atoms with E-state index in [1.54, 1.807) is 16.9 Å². The molecular weight excluding hydrogens is 278 g/mol. The van der Waals surface area contributed by atoms with Gasteiger partial charge in [0.15, 0.2) is 12.4 Å². The summed E-state index contributed by atoms with van der Waals surface area (Å²) in [7, 11) is 0. The Balaban J connectivity index is 1.63. The van der Waals surface area contributed by atoms with Gasteiger partial charge < -0.3 is 9.64 Å². The number of aryl methyl sites for hydroxylation is 2. The van der Waals surface area contributed by atoms with Crippen molar-refractivity contribution in [2.75, 3.05) is 13.1 Å². The first kappa shape index (κ1) is 14.6. The lowest BCUT2D eigenvalue weighted by Gasteiger charge is -2.13. The van der Waals surface area contributed by atoms with Gasteiger partial charge in [0.1, 0.15) is 5.75 Å². The van der Waals surface area contributed by atoms with Crippen LogP contribution in [0.4, 0.5) is 0 Å². The number of nitrogens with zero attached hydrogens (tertiary/aromatic N) is 3. The van der Waals surface area contributed by atoms with Crippen LogP contribution in [0, 0.1) is 13.8 Å². The number of carbonyl (C=O) groups excluding carboxylic acids is 1. The molecule has 0 radical (unpaired) electrons. The van der Waals surface area contributed by atoms with Gasteiger partial charge in [0, 0.05) is 19.3 Å². The van der Waals surface area contributed by atoms with E-state index in [4.69, 9.17) is 4.74 Å². The zero-order valence-corrected chi connectivity index (χ0v) is 13.1. The van der Waals surface area contributed by atoms with Crippen LogP contribution >= 0.6 is 0 Å². The maximum Gasteiger partial charge on any atom is 0.274 e. The molecular formula is C17H21N3O2. The summed E-state index contributed by atoms with van der Waals surface area (Å²) in [6.45, 7) is 6.06. The van der Waals surface area contributed by atoms with Crippen LogP contribution in [0.15, 0.2) is 30.5 Å². The van der Waals surface area contributed by atoms with Gasteiger partial charge in [-0.05, 0) is 56.0 Å². The van der Waals surface area contributed by atoms with E-state index in [9.17, 15) is 4.79 Å². The van der Waals surface area contributed by atoms with E-state index in [1.165, 1.54) is 11.1 Å². The lowest BCUT2D eigenvalue weighted by molar-refractivity contribution is 0.0785. The van der Waals surface area contributed by atoms with Crippen molar-refractivity contribution in [3.8, 4) is 5.75 Å². The number of hydrogen-bond acceptors (Lipinski definition) is 3. The second kappa shape index (κ2) is 6.22. The van der Waals surface area contributed by atoms with Gasteiger partial charge in [-0.25, -0.2) is 4.68 Å². The van der Waals surface area contributed by atoms with Gasteiger partial charge >= 0.3 is 0 Å². The normalized spacial score (nSPS) is 14.4. The largest absolute Gasteiger partial charge is 0.471 e. The average molecular weight is 299 g/mol. The Morgan fingerprint density at radius 3 is 2.55 bits per heavy atom. The molecule has 1 aliphatic rings. The molecule has 0 aliphatic carbocycles. The summed E-state index contributed by atoms with van der Waals surface area (Å²) in [5.74, 6) is 0.836. The Morgan fingerprint density at radius 2 is 1.86 bits per heavy atom. The van der Waals surface area contributed by atoms with E-state index >= 15 is 0 Å². The number of ether oxygens (including phenoxy) is 1. The van der Waals surface area contributed by atoms with E-state index in [1.807, 2.05) is 30.9 Å². The van der Waals surface area contributed by atoms with Crippen molar-refractivity contribution in [3.05, 3.63) is 47.3 Å². The summed E-state index contributed by atoms with van der Waals surface area (Å²) < 4.78 is 7.40. The molecule has 22 heavy (non-hydrogen) atoms. The fraction of sp³-hybridized carbons (Fsp3) is 0.412. The standard InChI is InChI=1S/C17H21N3O2/c1-13-9-14(2)11-15(10-13)22-12-20-8-5-16(18-20)17(21)19-6-3-4-7-19/h5,8-11H,3-4,6-7,12H2,1-2H3. The van der Waals surface area contributed by atoms with E-state index in [0.29, 0.717) is 12.4 Å².